The van der Waals surface area contributed by atoms with Crippen LogP contribution in [-0.4, -0.2) is 59.8 Å². The number of rotatable bonds is 7. The molecular weight excluding hydrogens is 461 g/mol. The fourth-order valence-electron chi connectivity index (χ4n) is 3.45. The SMILES string of the molecule is CN=C(NCCCOC)NCC1(c2ccc3c(c2)OCO3)CCOCC1.I. The second kappa shape index (κ2) is 10.9. The van der Waals surface area contributed by atoms with Crippen molar-refractivity contribution in [3.8, 4) is 11.5 Å². The molecule has 0 unspecified atom stereocenters. The molecule has 0 saturated carbocycles. The molecule has 2 aliphatic rings. The molecule has 1 saturated heterocycles. The number of nitrogens with zero attached hydrogens (tertiary/aromatic N) is 1. The zero-order valence-electron chi connectivity index (χ0n) is 16.1. The average molecular weight is 491 g/mol. The predicted octanol–water partition coefficient (Wildman–Crippen LogP) is 2.28. The van der Waals surface area contributed by atoms with Gasteiger partial charge >= 0.3 is 0 Å². The van der Waals surface area contributed by atoms with Gasteiger partial charge in [0, 0.05) is 52.5 Å². The van der Waals surface area contributed by atoms with E-state index >= 15 is 0 Å². The van der Waals surface area contributed by atoms with E-state index in [1.165, 1.54) is 5.56 Å². The molecule has 2 heterocycles. The Balaban J connectivity index is 0.00000261. The second-order valence-corrected chi connectivity index (χ2v) is 6.66. The topological polar surface area (TPSA) is 73.3 Å². The molecule has 27 heavy (non-hydrogen) atoms. The highest BCUT2D eigenvalue weighted by molar-refractivity contribution is 14.0. The van der Waals surface area contributed by atoms with Crippen molar-refractivity contribution in [2.75, 3.05) is 53.9 Å². The molecule has 2 N–H and O–H groups in total. The number of fused-ring (bicyclic) bond motifs is 1. The number of benzene rings is 1. The molecule has 1 aromatic carbocycles. The van der Waals surface area contributed by atoms with E-state index in [-0.39, 0.29) is 29.4 Å². The van der Waals surface area contributed by atoms with Crippen molar-refractivity contribution in [2.24, 2.45) is 4.99 Å². The van der Waals surface area contributed by atoms with E-state index < -0.39 is 0 Å². The quantitative estimate of drug-likeness (QED) is 0.264. The number of guanidine groups is 1. The lowest BCUT2D eigenvalue weighted by molar-refractivity contribution is 0.0513. The summed E-state index contributed by atoms with van der Waals surface area (Å²) in [5, 5.41) is 6.83. The molecule has 0 aliphatic carbocycles. The zero-order chi connectivity index (χ0) is 18.2. The van der Waals surface area contributed by atoms with Gasteiger partial charge in [-0.1, -0.05) is 6.07 Å². The first-order valence-corrected chi connectivity index (χ1v) is 9.19. The molecule has 0 aromatic heterocycles. The van der Waals surface area contributed by atoms with Crippen LogP contribution < -0.4 is 20.1 Å². The minimum absolute atomic E-state index is 0. The fraction of sp³-hybridized carbons (Fsp3) is 0.632. The van der Waals surface area contributed by atoms with E-state index in [4.69, 9.17) is 18.9 Å². The molecule has 152 valence electrons. The molecule has 0 amide bonds. The van der Waals surface area contributed by atoms with Gasteiger partial charge in [0.05, 0.1) is 0 Å². The molecule has 0 bridgehead atoms. The maximum atomic E-state index is 5.62. The summed E-state index contributed by atoms with van der Waals surface area (Å²) in [7, 11) is 3.51. The van der Waals surface area contributed by atoms with Crippen molar-refractivity contribution in [3.63, 3.8) is 0 Å². The maximum Gasteiger partial charge on any atom is 0.231 e. The van der Waals surface area contributed by atoms with Crippen molar-refractivity contribution < 1.29 is 18.9 Å². The van der Waals surface area contributed by atoms with Gasteiger partial charge in [-0.05, 0) is 37.0 Å². The van der Waals surface area contributed by atoms with Crippen LogP contribution in [0, 0.1) is 0 Å². The Labute approximate surface area is 178 Å². The number of nitrogens with one attached hydrogen (secondary N) is 2. The standard InChI is InChI=1S/C19H29N3O4.HI/c1-20-18(21-8-3-9-23-2)22-13-19(6-10-24-11-7-19)15-4-5-16-17(12-15)26-14-25-16;/h4-5,12H,3,6-11,13-14H2,1-2H3,(H2,20,21,22);1H. The van der Waals surface area contributed by atoms with E-state index in [2.05, 4.69) is 27.8 Å². The van der Waals surface area contributed by atoms with Gasteiger partial charge in [0.1, 0.15) is 0 Å². The molecule has 8 heteroatoms. The first-order valence-electron chi connectivity index (χ1n) is 9.19. The minimum Gasteiger partial charge on any atom is -0.454 e. The highest BCUT2D eigenvalue weighted by Gasteiger charge is 2.35. The monoisotopic (exact) mass is 491 g/mol. The van der Waals surface area contributed by atoms with Crippen LogP contribution in [0.15, 0.2) is 23.2 Å². The molecule has 0 atom stereocenters. The van der Waals surface area contributed by atoms with Crippen molar-refractivity contribution >= 4 is 29.9 Å². The Morgan fingerprint density at radius 2 is 1.96 bits per heavy atom. The van der Waals surface area contributed by atoms with Crippen LogP contribution in [0.3, 0.4) is 0 Å². The molecule has 3 rings (SSSR count). The second-order valence-electron chi connectivity index (χ2n) is 6.66. The maximum absolute atomic E-state index is 5.62. The number of hydrogen-bond donors (Lipinski definition) is 2. The van der Waals surface area contributed by atoms with Gasteiger partial charge < -0.3 is 29.6 Å². The van der Waals surface area contributed by atoms with Gasteiger partial charge in [-0.15, -0.1) is 24.0 Å². The van der Waals surface area contributed by atoms with Crippen LogP contribution in [0.25, 0.3) is 0 Å². The summed E-state index contributed by atoms with van der Waals surface area (Å²) in [5.74, 6) is 2.46. The van der Waals surface area contributed by atoms with Gasteiger partial charge in [0.25, 0.3) is 0 Å². The van der Waals surface area contributed by atoms with Crippen molar-refractivity contribution in [1.29, 1.82) is 0 Å². The number of ether oxygens (including phenoxy) is 4. The van der Waals surface area contributed by atoms with Crippen LogP contribution in [0.1, 0.15) is 24.8 Å². The van der Waals surface area contributed by atoms with E-state index in [0.717, 1.165) is 69.6 Å². The van der Waals surface area contributed by atoms with Crippen molar-refractivity contribution in [3.05, 3.63) is 23.8 Å². The number of hydrogen-bond acceptors (Lipinski definition) is 5. The summed E-state index contributed by atoms with van der Waals surface area (Å²) in [5.41, 5.74) is 1.25. The third kappa shape index (κ3) is 5.61. The van der Waals surface area contributed by atoms with Gasteiger partial charge in [-0.2, -0.15) is 0 Å². The largest absolute Gasteiger partial charge is 0.454 e. The zero-order valence-corrected chi connectivity index (χ0v) is 18.4. The summed E-state index contributed by atoms with van der Waals surface area (Å²) >= 11 is 0. The Kier molecular flexibility index (Phi) is 8.91. The summed E-state index contributed by atoms with van der Waals surface area (Å²) in [6.07, 6.45) is 2.86. The van der Waals surface area contributed by atoms with Gasteiger partial charge in [-0.3, -0.25) is 4.99 Å². The first-order chi connectivity index (χ1) is 12.8. The highest BCUT2D eigenvalue weighted by Crippen LogP contribution is 2.40. The summed E-state index contributed by atoms with van der Waals surface area (Å²) in [6, 6.07) is 6.27. The van der Waals surface area contributed by atoms with Crippen LogP contribution in [-0.2, 0) is 14.9 Å². The lowest BCUT2D eigenvalue weighted by Gasteiger charge is -2.38. The molecule has 2 aliphatic heterocycles. The number of methoxy groups -OCH3 is 1. The Bertz CT molecular complexity index is 621. The molecular formula is C19H30IN3O4. The molecule has 1 aromatic rings. The van der Waals surface area contributed by atoms with Crippen LogP contribution in [0.5, 0.6) is 11.5 Å². The fourth-order valence-corrected chi connectivity index (χ4v) is 3.45. The molecule has 1 fully saturated rings. The van der Waals surface area contributed by atoms with Crippen molar-refractivity contribution in [1.82, 2.24) is 10.6 Å². The van der Waals surface area contributed by atoms with Gasteiger partial charge in [-0.25, -0.2) is 0 Å². The first kappa shape index (κ1) is 22.0. The highest BCUT2D eigenvalue weighted by atomic mass is 127. The third-order valence-corrected chi connectivity index (χ3v) is 5.07. The number of aliphatic imine (C=N–C) groups is 1. The molecule has 7 nitrogen and oxygen atoms in total. The predicted molar refractivity (Wildman–Crippen MR) is 116 cm³/mol. The van der Waals surface area contributed by atoms with Crippen LogP contribution in [0.2, 0.25) is 0 Å². The summed E-state index contributed by atoms with van der Waals surface area (Å²) < 4.78 is 21.7. The number of halogens is 1. The summed E-state index contributed by atoms with van der Waals surface area (Å²) in [6.45, 7) is 4.17. The molecule has 0 spiro atoms. The lowest BCUT2D eigenvalue weighted by atomic mass is 9.74. The Morgan fingerprint density at radius 3 is 2.70 bits per heavy atom. The average Bonchev–Trinajstić information content (AvgIpc) is 3.16. The van der Waals surface area contributed by atoms with Crippen LogP contribution in [0.4, 0.5) is 0 Å². The molecule has 0 radical (unpaired) electrons. The van der Waals surface area contributed by atoms with E-state index in [1.54, 1.807) is 14.2 Å². The van der Waals surface area contributed by atoms with E-state index in [9.17, 15) is 0 Å². The van der Waals surface area contributed by atoms with Crippen LogP contribution >= 0.6 is 24.0 Å². The normalized spacial score (nSPS) is 17.9. The third-order valence-electron chi connectivity index (χ3n) is 5.07. The Hall–Kier alpha value is -1.26. The smallest absolute Gasteiger partial charge is 0.231 e. The van der Waals surface area contributed by atoms with E-state index in [1.807, 2.05) is 6.07 Å². The van der Waals surface area contributed by atoms with Gasteiger partial charge in [0.2, 0.25) is 6.79 Å². The van der Waals surface area contributed by atoms with E-state index in [0.29, 0.717) is 6.79 Å². The lowest BCUT2D eigenvalue weighted by Crippen LogP contribution is -2.48. The minimum atomic E-state index is -0.0105. The van der Waals surface area contributed by atoms with Crippen molar-refractivity contribution in [2.45, 2.75) is 24.7 Å². The van der Waals surface area contributed by atoms with Gasteiger partial charge in [0.15, 0.2) is 17.5 Å². The Morgan fingerprint density at radius 1 is 1.19 bits per heavy atom. The summed E-state index contributed by atoms with van der Waals surface area (Å²) in [4.78, 5) is 4.33.